The number of hydrogen-bond acceptors (Lipinski definition) is 2. The minimum atomic E-state index is -3.32. The van der Waals surface area contributed by atoms with Gasteiger partial charge in [0.2, 0.25) is 7.37 Å². The molecule has 0 saturated heterocycles. The SMILES string of the molecule is CCC(NC(C)C)P(=O)(O)c1ccccc1. The third kappa shape index (κ3) is 3.18. The van der Waals surface area contributed by atoms with Crippen molar-refractivity contribution in [2.45, 2.75) is 39.0 Å². The van der Waals surface area contributed by atoms with E-state index in [1.165, 1.54) is 0 Å². The summed E-state index contributed by atoms with van der Waals surface area (Å²) in [5.41, 5.74) is 0. The zero-order chi connectivity index (χ0) is 12.2. The summed E-state index contributed by atoms with van der Waals surface area (Å²) in [6.45, 7) is 5.88. The van der Waals surface area contributed by atoms with Crippen LogP contribution in [0.2, 0.25) is 0 Å². The lowest BCUT2D eigenvalue weighted by atomic mass is 10.3. The van der Waals surface area contributed by atoms with Gasteiger partial charge < -0.3 is 10.2 Å². The van der Waals surface area contributed by atoms with E-state index in [1.807, 2.05) is 26.8 Å². The standard InChI is InChI=1S/C12H20NO2P/c1-4-12(13-10(2)3)16(14,15)11-8-6-5-7-9-11/h5-10,12-13H,4H2,1-3H3,(H,14,15). The van der Waals surface area contributed by atoms with Gasteiger partial charge in [-0.3, -0.25) is 4.57 Å². The van der Waals surface area contributed by atoms with Gasteiger partial charge in [-0.2, -0.15) is 0 Å². The van der Waals surface area contributed by atoms with E-state index in [9.17, 15) is 9.46 Å². The van der Waals surface area contributed by atoms with Crippen molar-refractivity contribution < 1.29 is 9.46 Å². The molecule has 3 nitrogen and oxygen atoms in total. The summed E-state index contributed by atoms with van der Waals surface area (Å²) in [6.07, 6.45) is 0.640. The number of hydrogen-bond donors (Lipinski definition) is 2. The summed E-state index contributed by atoms with van der Waals surface area (Å²) in [7, 11) is -3.32. The fourth-order valence-electron chi connectivity index (χ4n) is 1.67. The van der Waals surface area contributed by atoms with E-state index in [0.29, 0.717) is 11.7 Å². The second-order valence-corrected chi connectivity index (χ2v) is 6.59. The van der Waals surface area contributed by atoms with Crippen molar-refractivity contribution in [3.63, 3.8) is 0 Å². The molecule has 2 unspecified atom stereocenters. The summed E-state index contributed by atoms with van der Waals surface area (Å²) in [4.78, 5) is 10.2. The molecule has 0 aliphatic rings. The largest absolute Gasteiger partial charge is 0.340 e. The first kappa shape index (κ1) is 13.4. The Morgan fingerprint density at radius 2 is 1.88 bits per heavy atom. The van der Waals surface area contributed by atoms with E-state index in [2.05, 4.69) is 5.32 Å². The minimum absolute atomic E-state index is 0.203. The predicted octanol–water partition coefficient (Wildman–Crippen LogP) is 2.32. The van der Waals surface area contributed by atoms with Crippen LogP contribution < -0.4 is 10.6 Å². The molecular weight excluding hydrogens is 221 g/mol. The molecule has 4 heteroatoms. The molecule has 2 N–H and O–H groups in total. The third-order valence-corrected chi connectivity index (χ3v) is 4.86. The number of benzene rings is 1. The van der Waals surface area contributed by atoms with Crippen molar-refractivity contribution in [3.05, 3.63) is 30.3 Å². The normalized spacial score (nSPS) is 17.1. The van der Waals surface area contributed by atoms with Gasteiger partial charge >= 0.3 is 0 Å². The van der Waals surface area contributed by atoms with Crippen molar-refractivity contribution in [3.8, 4) is 0 Å². The van der Waals surface area contributed by atoms with Crippen LogP contribution in [0.25, 0.3) is 0 Å². The summed E-state index contributed by atoms with van der Waals surface area (Å²) < 4.78 is 12.4. The number of nitrogens with one attached hydrogen (secondary N) is 1. The molecule has 0 heterocycles. The van der Waals surface area contributed by atoms with Gasteiger partial charge in [0.1, 0.15) is 0 Å². The quantitative estimate of drug-likeness (QED) is 0.778. The molecule has 1 aromatic carbocycles. The first-order valence-electron chi connectivity index (χ1n) is 5.62. The average Bonchev–Trinajstić information content (AvgIpc) is 2.26. The van der Waals surface area contributed by atoms with Crippen molar-refractivity contribution in [2.24, 2.45) is 0 Å². The Bertz CT molecular complexity index is 365. The Kier molecular flexibility index (Phi) is 4.72. The highest BCUT2D eigenvalue weighted by Crippen LogP contribution is 2.45. The van der Waals surface area contributed by atoms with E-state index in [4.69, 9.17) is 0 Å². The number of rotatable bonds is 5. The highest BCUT2D eigenvalue weighted by Gasteiger charge is 2.31. The van der Waals surface area contributed by atoms with Crippen LogP contribution in [0.3, 0.4) is 0 Å². The maximum atomic E-state index is 12.4. The molecule has 0 spiro atoms. The molecule has 2 atom stereocenters. The smallest absolute Gasteiger partial charge is 0.245 e. The maximum Gasteiger partial charge on any atom is 0.245 e. The zero-order valence-electron chi connectivity index (χ0n) is 10.1. The van der Waals surface area contributed by atoms with Crippen LogP contribution in [0, 0.1) is 0 Å². The van der Waals surface area contributed by atoms with Crippen LogP contribution in [0.1, 0.15) is 27.2 Å². The van der Waals surface area contributed by atoms with Gasteiger partial charge in [-0.25, -0.2) is 0 Å². The Hall–Kier alpha value is -0.630. The molecule has 0 bridgehead atoms. The van der Waals surface area contributed by atoms with Gasteiger partial charge in [0.15, 0.2) is 0 Å². The van der Waals surface area contributed by atoms with Crippen LogP contribution in [0.5, 0.6) is 0 Å². The van der Waals surface area contributed by atoms with E-state index in [0.717, 1.165) is 0 Å². The van der Waals surface area contributed by atoms with E-state index >= 15 is 0 Å². The van der Waals surface area contributed by atoms with Gasteiger partial charge in [0.25, 0.3) is 0 Å². The van der Waals surface area contributed by atoms with Gasteiger partial charge in [0, 0.05) is 11.3 Å². The summed E-state index contributed by atoms with van der Waals surface area (Å²) in [5, 5.41) is 3.68. The second-order valence-electron chi connectivity index (χ2n) is 4.20. The van der Waals surface area contributed by atoms with Crippen LogP contribution in [0.15, 0.2) is 30.3 Å². The molecule has 0 amide bonds. The fourth-order valence-corrected chi connectivity index (χ4v) is 3.63. The lowest BCUT2D eigenvalue weighted by Crippen LogP contribution is -2.36. The second kappa shape index (κ2) is 5.62. The highest BCUT2D eigenvalue weighted by molar-refractivity contribution is 7.66. The molecule has 0 aliphatic heterocycles. The van der Waals surface area contributed by atoms with E-state index in [-0.39, 0.29) is 11.8 Å². The Morgan fingerprint density at radius 1 is 1.31 bits per heavy atom. The van der Waals surface area contributed by atoms with Crippen molar-refractivity contribution >= 4 is 12.7 Å². The lowest BCUT2D eigenvalue weighted by Gasteiger charge is -2.25. The highest BCUT2D eigenvalue weighted by atomic mass is 31.2. The van der Waals surface area contributed by atoms with E-state index in [1.54, 1.807) is 24.3 Å². The Labute approximate surface area is 97.3 Å². The summed E-state index contributed by atoms with van der Waals surface area (Å²) >= 11 is 0. The monoisotopic (exact) mass is 241 g/mol. The van der Waals surface area contributed by atoms with E-state index < -0.39 is 7.37 Å². The summed E-state index contributed by atoms with van der Waals surface area (Å²) in [5.74, 6) is -0.366. The molecule has 90 valence electrons. The van der Waals surface area contributed by atoms with Crippen molar-refractivity contribution in [1.29, 1.82) is 0 Å². The van der Waals surface area contributed by atoms with Gasteiger partial charge in [-0.1, -0.05) is 39.0 Å². The molecule has 0 saturated carbocycles. The average molecular weight is 241 g/mol. The fraction of sp³-hybridized carbons (Fsp3) is 0.500. The maximum absolute atomic E-state index is 12.4. The van der Waals surface area contributed by atoms with Crippen LogP contribution in [0.4, 0.5) is 0 Å². The topological polar surface area (TPSA) is 49.3 Å². The van der Waals surface area contributed by atoms with Gasteiger partial charge in [-0.15, -0.1) is 0 Å². The van der Waals surface area contributed by atoms with Crippen molar-refractivity contribution in [2.75, 3.05) is 0 Å². The molecular formula is C12H20NO2P. The third-order valence-electron chi connectivity index (χ3n) is 2.46. The van der Waals surface area contributed by atoms with Crippen LogP contribution in [-0.4, -0.2) is 16.7 Å². The summed E-state index contributed by atoms with van der Waals surface area (Å²) in [6, 6.07) is 9.06. The molecule has 1 rings (SSSR count). The molecule has 0 aliphatic carbocycles. The molecule has 0 fully saturated rings. The lowest BCUT2D eigenvalue weighted by molar-refractivity contribution is 0.439. The minimum Gasteiger partial charge on any atom is -0.340 e. The first-order valence-corrected chi connectivity index (χ1v) is 7.35. The van der Waals surface area contributed by atoms with Crippen LogP contribution in [-0.2, 0) is 4.57 Å². The van der Waals surface area contributed by atoms with Gasteiger partial charge in [0.05, 0.1) is 5.78 Å². The molecule has 16 heavy (non-hydrogen) atoms. The molecule has 1 aromatic rings. The molecule has 0 radical (unpaired) electrons. The van der Waals surface area contributed by atoms with Crippen LogP contribution >= 0.6 is 7.37 Å². The Balaban J connectivity index is 2.95. The zero-order valence-corrected chi connectivity index (χ0v) is 10.9. The van der Waals surface area contributed by atoms with Gasteiger partial charge in [-0.05, 0) is 18.6 Å². The Morgan fingerprint density at radius 3 is 2.31 bits per heavy atom. The first-order chi connectivity index (χ1) is 7.48. The molecule has 0 aromatic heterocycles. The predicted molar refractivity (Wildman–Crippen MR) is 68.3 cm³/mol. The van der Waals surface area contributed by atoms with Crippen molar-refractivity contribution in [1.82, 2.24) is 5.32 Å².